The molecule has 3 N–H and O–H groups in total. The molecule has 0 aromatic carbocycles. The van der Waals surface area contributed by atoms with Gasteiger partial charge in [0.2, 0.25) is 0 Å². The van der Waals surface area contributed by atoms with Crippen LogP contribution in [-0.2, 0) is 4.74 Å². The van der Waals surface area contributed by atoms with E-state index in [1.807, 2.05) is 6.08 Å². The minimum absolute atomic E-state index is 0.109. The van der Waals surface area contributed by atoms with Crippen LogP contribution in [0.4, 0.5) is 0 Å². The Kier molecular flexibility index (Phi) is 4.58. The average Bonchev–Trinajstić information content (AvgIpc) is 2.16. The predicted molar refractivity (Wildman–Crippen MR) is 58.8 cm³/mol. The van der Waals surface area contributed by atoms with Gasteiger partial charge in [-0.2, -0.15) is 0 Å². The summed E-state index contributed by atoms with van der Waals surface area (Å²) < 4.78 is 5.56. The van der Waals surface area contributed by atoms with E-state index in [4.69, 9.17) is 10.6 Å². The van der Waals surface area contributed by atoms with Crippen LogP contribution in [0, 0.1) is 0 Å². The van der Waals surface area contributed by atoms with Gasteiger partial charge in [-0.3, -0.25) is 11.3 Å². The fourth-order valence-electron chi connectivity index (χ4n) is 2.08. The second-order valence-corrected chi connectivity index (χ2v) is 4.17. The molecule has 82 valence electrons. The Morgan fingerprint density at radius 2 is 2.36 bits per heavy atom. The fourth-order valence-corrected chi connectivity index (χ4v) is 2.08. The molecular formula is C11H22N2O. The molecule has 1 fully saturated rings. The first-order valence-electron chi connectivity index (χ1n) is 5.38. The first-order valence-corrected chi connectivity index (χ1v) is 5.38. The molecule has 1 aliphatic carbocycles. The molecule has 1 saturated carbocycles. The normalized spacial score (nSPS) is 21.3. The maximum atomic E-state index is 5.56. The Hall–Kier alpha value is -0.380. The predicted octanol–water partition coefficient (Wildman–Crippen LogP) is 1.74. The molecule has 3 nitrogen and oxygen atoms in total. The van der Waals surface area contributed by atoms with Gasteiger partial charge in [0, 0.05) is 13.2 Å². The van der Waals surface area contributed by atoms with Gasteiger partial charge >= 0.3 is 0 Å². The first kappa shape index (κ1) is 11.7. The van der Waals surface area contributed by atoms with Gasteiger partial charge < -0.3 is 4.74 Å². The summed E-state index contributed by atoms with van der Waals surface area (Å²) in [5.41, 5.74) is 2.98. The number of methoxy groups -OCH3 is 1. The molecule has 0 amide bonds. The number of nitrogens with one attached hydrogen (secondary N) is 1. The summed E-state index contributed by atoms with van der Waals surface area (Å²) in [6.45, 7) is 3.72. The van der Waals surface area contributed by atoms with Crippen LogP contribution in [0.2, 0.25) is 0 Å². The van der Waals surface area contributed by atoms with Crippen LogP contribution in [0.3, 0.4) is 0 Å². The Labute approximate surface area is 86.7 Å². The zero-order valence-electron chi connectivity index (χ0n) is 9.09. The Bertz CT molecular complexity index is 173. The van der Waals surface area contributed by atoms with Crippen molar-refractivity contribution in [1.82, 2.24) is 5.43 Å². The van der Waals surface area contributed by atoms with Crippen LogP contribution in [-0.4, -0.2) is 18.8 Å². The van der Waals surface area contributed by atoms with Gasteiger partial charge in [0.25, 0.3) is 0 Å². The molecule has 0 radical (unpaired) electrons. The fraction of sp³-hybridized carbons (Fsp3) is 0.818. The van der Waals surface area contributed by atoms with E-state index < -0.39 is 0 Å². The van der Waals surface area contributed by atoms with Crippen LogP contribution in [0.15, 0.2) is 12.7 Å². The van der Waals surface area contributed by atoms with E-state index in [-0.39, 0.29) is 5.60 Å². The highest BCUT2D eigenvalue weighted by Gasteiger charge is 2.38. The van der Waals surface area contributed by atoms with Crippen molar-refractivity contribution >= 4 is 0 Å². The summed E-state index contributed by atoms with van der Waals surface area (Å²) in [6, 6.07) is 0.355. The van der Waals surface area contributed by atoms with Crippen LogP contribution in [0.1, 0.15) is 38.5 Å². The monoisotopic (exact) mass is 198 g/mol. The summed E-state index contributed by atoms with van der Waals surface area (Å²) in [5.74, 6) is 5.51. The third-order valence-electron chi connectivity index (χ3n) is 3.27. The SMILES string of the molecule is C=CCCC(CC1(OC)CCC1)NN. The summed E-state index contributed by atoms with van der Waals surface area (Å²) in [4.78, 5) is 0. The van der Waals surface area contributed by atoms with Gasteiger partial charge in [-0.1, -0.05) is 6.08 Å². The summed E-state index contributed by atoms with van der Waals surface area (Å²) in [6.07, 6.45) is 8.65. The lowest BCUT2D eigenvalue weighted by atomic mass is 9.75. The highest BCUT2D eigenvalue weighted by atomic mass is 16.5. The number of hydrogen-bond acceptors (Lipinski definition) is 3. The Morgan fingerprint density at radius 3 is 2.71 bits per heavy atom. The van der Waals surface area contributed by atoms with E-state index in [1.165, 1.54) is 19.3 Å². The van der Waals surface area contributed by atoms with E-state index >= 15 is 0 Å². The molecular weight excluding hydrogens is 176 g/mol. The lowest BCUT2D eigenvalue weighted by Gasteiger charge is -2.42. The highest BCUT2D eigenvalue weighted by Crippen LogP contribution is 2.39. The molecule has 14 heavy (non-hydrogen) atoms. The lowest BCUT2D eigenvalue weighted by molar-refractivity contribution is -0.0838. The van der Waals surface area contributed by atoms with E-state index in [9.17, 15) is 0 Å². The van der Waals surface area contributed by atoms with Gasteiger partial charge in [-0.05, 0) is 38.5 Å². The van der Waals surface area contributed by atoms with Crippen molar-refractivity contribution in [2.75, 3.05) is 7.11 Å². The smallest absolute Gasteiger partial charge is 0.0694 e. The van der Waals surface area contributed by atoms with Gasteiger partial charge in [0.05, 0.1) is 5.60 Å². The Morgan fingerprint density at radius 1 is 1.64 bits per heavy atom. The second-order valence-electron chi connectivity index (χ2n) is 4.17. The van der Waals surface area contributed by atoms with E-state index in [0.717, 1.165) is 19.3 Å². The van der Waals surface area contributed by atoms with Crippen molar-refractivity contribution in [3.8, 4) is 0 Å². The quantitative estimate of drug-likeness (QED) is 0.372. The lowest BCUT2D eigenvalue weighted by Crippen LogP contribution is -2.47. The summed E-state index contributed by atoms with van der Waals surface area (Å²) >= 11 is 0. The van der Waals surface area contributed by atoms with Crippen LogP contribution < -0.4 is 11.3 Å². The maximum absolute atomic E-state index is 5.56. The van der Waals surface area contributed by atoms with Crippen LogP contribution in [0.5, 0.6) is 0 Å². The molecule has 0 spiro atoms. The minimum atomic E-state index is 0.109. The summed E-state index contributed by atoms with van der Waals surface area (Å²) in [5, 5.41) is 0. The second kappa shape index (κ2) is 5.49. The molecule has 1 rings (SSSR count). The van der Waals surface area contributed by atoms with Crippen molar-refractivity contribution in [2.24, 2.45) is 5.84 Å². The molecule has 1 aliphatic rings. The van der Waals surface area contributed by atoms with Gasteiger partial charge in [0.15, 0.2) is 0 Å². The minimum Gasteiger partial charge on any atom is -0.378 e. The number of hydrogen-bond donors (Lipinski definition) is 2. The van der Waals surface area contributed by atoms with Crippen LogP contribution in [0.25, 0.3) is 0 Å². The van der Waals surface area contributed by atoms with Crippen LogP contribution >= 0.6 is 0 Å². The van der Waals surface area contributed by atoms with Gasteiger partial charge in [-0.15, -0.1) is 6.58 Å². The number of ether oxygens (including phenoxy) is 1. The zero-order chi connectivity index (χ0) is 10.4. The van der Waals surface area contributed by atoms with E-state index in [1.54, 1.807) is 7.11 Å². The summed E-state index contributed by atoms with van der Waals surface area (Å²) in [7, 11) is 1.81. The largest absolute Gasteiger partial charge is 0.378 e. The topological polar surface area (TPSA) is 47.3 Å². The van der Waals surface area contributed by atoms with Crippen molar-refractivity contribution in [3.05, 3.63) is 12.7 Å². The number of hydrazine groups is 1. The zero-order valence-corrected chi connectivity index (χ0v) is 9.09. The number of rotatable bonds is 7. The standard InChI is InChI=1S/C11H22N2O/c1-3-4-6-10(13-12)9-11(14-2)7-5-8-11/h3,10,13H,1,4-9,12H2,2H3. The highest BCUT2D eigenvalue weighted by molar-refractivity contribution is 4.93. The molecule has 3 heteroatoms. The molecule has 0 aliphatic heterocycles. The van der Waals surface area contributed by atoms with E-state index in [0.29, 0.717) is 6.04 Å². The molecule has 0 aromatic heterocycles. The third kappa shape index (κ3) is 2.80. The first-order chi connectivity index (χ1) is 6.76. The van der Waals surface area contributed by atoms with Crippen molar-refractivity contribution in [2.45, 2.75) is 50.2 Å². The number of allylic oxidation sites excluding steroid dienone is 1. The van der Waals surface area contributed by atoms with Crippen molar-refractivity contribution in [1.29, 1.82) is 0 Å². The molecule has 1 atom stereocenters. The molecule has 0 saturated heterocycles. The van der Waals surface area contributed by atoms with Gasteiger partial charge in [-0.25, -0.2) is 0 Å². The van der Waals surface area contributed by atoms with E-state index in [2.05, 4.69) is 12.0 Å². The Balaban J connectivity index is 2.34. The number of nitrogens with two attached hydrogens (primary N) is 1. The van der Waals surface area contributed by atoms with Crippen molar-refractivity contribution < 1.29 is 4.74 Å². The molecule has 0 bridgehead atoms. The maximum Gasteiger partial charge on any atom is 0.0694 e. The average molecular weight is 198 g/mol. The molecule has 1 unspecified atom stereocenters. The molecule has 0 heterocycles. The molecule has 0 aromatic rings. The third-order valence-corrected chi connectivity index (χ3v) is 3.27. The van der Waals surface area contributed by atoms with Crippen molar-refractivity contribution in [3.63, 3.8) is 0 Å². The van der Waals surface area contributed by atoms with Gasteiger partial charge in [0.1, 0.15) is 0 Å².